The third-order valence-electron chi connectivity index (χ3n) is 3.55. The van der Waals surface area contributed by atoms with Crippen molar-refractivity contribution in [2.24, 2.45) is 0 Å². The van der Waals surface area contributed by atoms with E-state index in [-0.39, 0.29) is 42.9 Å². The summed E-state index contributed by atoms with van der Waals surface area (Å²) < 4.78 is 0. The summed E-state index contributed by atoms with van der Waals surface area (Å²) in [6.07, 6.45) is 2.45. The predicted molar refractivity (Wildman–Crippen MR) is 106 cm³/mol. The van der Waals surface area contributed by atoms with E-state index in [4.69, 9.17) is 9.59 Å². The third-order valence-corrected chi connectivity index (χ3v) is 3.55. The zero-order chi connectivity index (χ0) is 20.4. The topological polar surface area (TPSA) is 90.5 Å². The van der Waals surface area contributed by atoms with Crippen molar-refractivity contribution in [2.75, 3.05) is 14.1 Å². The van der Waals surface area contributed by atoms with Gasteiger partial charge in [0, 0.05) is 0 Å². The van der Waals surface area contributed by atoms with Crippen molar-refractivity contribution in [3.8, 4) is 0 Å². The molecule has 0 aromatic rings. The fourth-order valence-electron chi connectivity index (χ4n) is 1.31. The zero-order valence-electron chi connectivity index (χ0n) is 17.7. The molecule has 25 heavy (non-hydrogen) atoms. The fraction of sp³-hybridized carbons (Fsp3) is 0.889. The number of hydrogen-bond acceptors (Lipinski definition) is 2. The van der Waals surface area contributed by atoms with Gasteiger partial charge in [-0.1, -0.05) is 54.4 Å². The van der Waals surface area contributed by atoms with Crippen molar-refractivity contribution in [1.82, 2.24) is 0 Å². The molecule has 0 bridgehead atoms. The predicted octanol–water partition coefficient (Wildman–Crippen LogP) is 5.25. The molecule has 6 nitrogen and oxygen atoms in total. The van der Waals surface area contributed by atoms with Crippen molar-refractivity contribution >= 4 is 13.6 Å². The van der Waals surface area contributed by atoms with Crippen LogP contribution in [0.15, 0.2) is 0 Å². The quantitative estimate of drug-likeness (QED) is 0.291. The van der Waals surface area contributed by atoms with Crippen LogP contribution in [-0.4, -0.2) is 51.1 Å². The van der Waals surface area contributed by atoms with Gasteiger partial charge in [0.05, 0.1) is 0 Å². The van der Waals surface area contributed by atoms with Gasteiger partial charge in [-0.25, -0.2) is 12.3 Å². The van der Waals surface area contributed by atoms with E-state index in [9.17, 15) is 0 Å². The Morgan fingerprint density at radius 2 is 0.920 bits per heavy atom. The first-order valence-corrected chi connectivity index (χ1v) is 8.12. The average molecular weight is 444 g/mol. The van der Waals surface area contributed by atoms with Gasteiger partial charge >= 0.3 is 19.5 Å². The molecule has 0 radical (unpaired) electrons. The molecule has 7 heteroatoms. The Morgan fingerprint density at radius 3 is 1.04 bits per heavy atom. The van der Waals surface area contributed by atoms with E-state index in [1.807, 2.05) is 13.8 Å². The van der Waals surface area contributed by atoms with Gasteiger partial charge in [-0.2, -0.15) is 14.1 Å². The second-order valence-electron chi connectivity index (χ2n) is 6.37. The molecule has 0 aliphatic rings. The summed E-state index contributed by atoms with van der Waals surface area (Å²) in [6.45, 7) is 23.3. The molecule has 0 N–H and O–H groups in total. The summed E-state index contributed by atoms with van der Waals surface area (Å²) in [5.74, 6) is 0. The van der Waals surface area contributed by atoms with Crippen LogP contribution < -0.4 is 0 Å². The largest absolute Gasteiger partial charge is 6.00 e. The van der Waals surface area contributed by atoms with Gasteiger partial charge in [-0.05, 0) is 0 Å². The van der Waals surface area contributed by atoms with Crippen LogP contribution in [-0.2, 0) is 29.1 Å². The first-order chi connectivity index (χ1) is 11.0. The molecular weight excluding hydrogens is 405 g/mol. The summed E-state index contributed by atoms with van der Waals surface area (Å²) in [6, 6.07) is 0. The Bertz CT molecular complexity index is 241. The van der Waals surface area contributed by atoms with Gasteiger partial charge in [0.15, 0.2) is 0 Å². The molecule has 0 amide bonds. The maximum atomic E-state index is 7.75. The first-order valence-electron chi connectivity index (χ1n) is 8.12. The molecule has 2 unspecified atom stereocenters. The van der Waals surface area contributed by atoms with E-state index in [1.54, 1.807) is 14.1 Å². The number of rotatable bonds is 8. The van der Waals surface area contributed by atoms with E-state index >= 15 is 0 Å². The van der Waals surface area contributed by atoms with Crippen LogP contribution in [0, 0.1) is 0 Å². The second-order valence-corrected chi connectivity index (χ2v) is 6.37. The Balaban J connectivity index is -0.0000000858. The minimum Gasteiger partial charge on any atom is -0.681 e. The second kappa shape index (κ2) is 21.8. The molecule has 0 aliphatic carbocycles. The average Bonchev–Trinajstić information content (AvgIpc) is 2.58. The maximum absolute atomic E-state index is 7.75. The Morgan fingerprint density at radius 1 is 0.720 bits per heavy atom. The van der Waals surface area contributed by atoms with Crippen LogP contribution >= 0.6 is 0 Å². The van der Waals surface area contributed by atoms with Crippen LogP contribution in [0.2, 0.25) is 0 Å². The van der Waals surface area contributed by atoms with Gasteiger partial charge in [0.2, 0.25) is 0 Å². The zero-order valence-corrected chi connectivity index (χ0v) is 19.4. The summed E-state index contributed by atoms with van der Waals surface area (Å²) >= 11 is 0. The molecule has 0 fully saturated rings. The third kappa shape index (κ3) is 28.9. The Labute approximate surface area is 169 Å². The summed E-state index contributed by atoms with van der Waals surface area (Å²) in [4.78, 5) is 15.5. The summed E-state index contributed by atoms with van der Waals surface area (Å²) in [7, 11) is 3.61. The van der Waals surface area contributed by atoms with Crippen LogP contribution in [0.5, 0.6) is 0 Å². The van der Waals surface area contributed by atoms with Gasteiger partial charge in [0.25, 0.3) is 0 Å². The van der Waals surface area contributed by atoms with E-state index in [0.29, 0.717) is 0 Å². The van der Waals surface area contributed by atoms with Gasteiger partial charge in [0.1, 0.15) is 0 Å². The normalized spacial score (nSPS) is 12.6. The van der Waals surface area contributed by atoms with Crippen LogP contribution in [0.3, 0.4) is 0 Å². The molecule has 2 atom stereocenters. The fourth-order valence-corrected chi connectivity index (χ4v) is 1.31. The van der Waals surface area contributed by atoms with E-state index in [2.05, 4.69) is 76.4 Å². The molecule has 0 aromatic heterocycles. The van der Waals surface area contributed by atoms with E-state index in [1.165, 1.54) is 0 Å². The van der Waals surface area contributed by atoms with Crippen LogP contribution in [0.4, 0.5) is 0 Å². The molecular formula is C18H38N4O2Ru. The Hall–Kier alpha value is -0.197. The van der Waals surface area contributed by atoms with Crippen molar-refractivity contribution in [3.63, 3.8) is 0 Å². The van der Waals surface area contributed by atoms with Crippen molar-refractivity contribution in [2.45, 2.75) is 91.6 Å². The minimum absolute atomic E-state index is 0. The van der Waals surface area contributed by atoms with Crippen molar-refractivity contribution < 1.29 is 29.1 Å². The van der Waals surface area contributed by atoms with Crippen molar-refractivity contribution in [3.05, 3.63) is 21.3 Å². The number of hydrogen-bond donors (Lipinski definition) is 0. The molecule has 0 aromatic carbocycles. The smallest absolute Gasteiger partial charge is 0.681 e. The molecule has 0 heterocycles. The van der Waals surface area contributed by atoms with Gasteiger partial charge in [-0.15, -0.1) is 24.9 Å². The SMILES string of the molecule is CCC(C)(C)[N-]C(C)[N-]C.CCC(C)(C)[N-]C(C)[N-]C.[CH-]=O.[CH-]=O.[Ru+6]. The minimum atomic E-state index is 0. The summed E-state index contributed by atoms with van der Waals surface area (Å²) in [5, 5.41) is 17.1. The first kappa shape index (κ1) is 35.8. The Kier molecular flexibility index (Phi) is 31.3. The monoisotopic (exact) mass is 444 g/mol. The van der Waals surface area contributed by atoms with E-state index < -0.39 is 0 Å². The van der Waals surface area contributed by atoms with Crippen LogP contribution in [0.25, 0.3) is 21.3 Å². The maximum Gasteiger partial charge on any atom is 6.00 e. The van der Waals surface area contributed by atoms with E-state index in [0.717, 1.165) is 12.8 Å². The molecule has 0 saturated heterocycles. The number of nitrogens with zero attached hydrogens (tertiary/aromatic N) is 4. The summed E-state index contributed by atoms with van der Waals surface area (Å²) in [5.41, 5.74) is 0.192. The van der Waals surface area contributed by atoms with Gasteiger partial charge in [-0.3, -0.25) is 13.6 Å². The van der Waals surface area contributed by atoms with Crippen LogP contribution in [0.1, 0.15) is 68.2 Å². The molecule has 150 valence electrons. The van der Waals surface area contributed by atoms with Crippen molar-refractivity contribution in [1.29, 1.82) is 0 Å². The standard InChI is InChI=1S/2C8H18N2.2CHO.Ru/c2*1-6-8(3,4)10-7(2)9-5;2*1-2;/h2*7H,6H2,1-5H3;2*1H;/q2*-2;2*-1;+6. The molecule has 0 saturated carbocycles. The molecule has 0 rings (SSSR count). The van der Waals surface area contributed by atoms with Gasteiger partial charge < -0.3 is 30.9 Å². The number of carbonyl (C=O) groups excluding carboxylic acids is 2. The molecule has 0 aliphatic heterocycles. The molecule has 0 spiro atoms.